The predicted molar refractivity (Wildman–Crippen MR) is 42.3 cm³/mol. The normalized spacial score (nSPS) is 11.4. The van der Waals surface area contributed by atoms with Crippen molar-refractivity contribution in [3.63, 3.8) is 0 Å². The molecule has 1 aromatic rings. The van der Waals surface area contributed by atoms with E-state index in [4.69, 9.17) is 0 Å². The van der Waals surface area contributed by atoms with Crippen LogP contribution in [0.15, 0.2) is 35.2 Å². The molecule has 65 valence electrons. The minimum absolute atomic E-state index is 0.112. The fraction of sp³-hybridized carbons (Fsp3) is 0.143. The van der Waals surface area contributed by atoms with Crippen LogP contribution in [0.1, 0.15) is 0 Å². The summed E-state index contributed by atoms with van der Waals surface area (Å²) in [7, 11) is -3.57. The standard InChI is InChI=1S/C7H8NO3S/c9-6-8-12(10,11)7-4-2-1-3-5-7/h1-5,8H,6H2. The van der Waals surface area contributed by atoms with E-state index in [1.165, 1.54) is 12.1 Å². The molecule has 0 spiro atoms. The summed E-state index contributed by atoms with van der Waals surface area (Å²) in [6.45, 7) is -0.836. The molecule has 0 aliphatic carbocycles. The maximum absolute atomic E-state index is 11.1. The second-order valence-corrected chi connectivity index (χ2v) is 3.87. The van der Waals surface area contributed by atoms with E-state index in [1.54, 1.807) is 18.2 Å². The Morgan fingerprint density at radius 2 is 1.75 bits per heavy atom. The Bertz CT molecular complexity index is 333. The maximum Gasteiger partial charge on any atom is 0.242 e. The highest BCUT2D eigenvalue weighted by Crippen LogP contribution is 2.05. The van der Waals surface area contributed by atoms with Crippen LogP contribution >= 0.6 is 0 Å². The van der Waals surface area contributed by atoms with E-state index in [-0.39, 0.29) is 4.90 Å². The third kappa shape index (κ3) is 2.04. The third-order valence-electron chi connectivity index (χ3n) is 1.30. The summed E-state index contributed by atoms with van der Waals surface area (Å²) in [6, 6.07) is 7.75. The van der Waals surface area contributed by atoms with Crippen molar-refractivity contribution in [2.75, 3.05) is 6.73 Å². The van der Waals surface area contributed by atoms with E-state index in [0.717, 1.165) is 0 Å². The average molecular weight is 186 g/mol. The SMILES string of the molecule is [O]CNS(=O)(=O)c1ccccc1. The predicted octanol–water partition coefficient (Wildman–Crippen LogP) is 0.353. The highest BCUT2D eigenvalue weighted by atomic mass is 32.2. The Balaban J connectivity index is 2.99. The molecule has 0 unspecified atom stereocenters. The zero-order valence-corrected chi connectivity index (χ0v) is 7.04. The summed E-state index contributed by atoms with van der Waals surface area (Å²) < 4.78 is 24.1. The Hall–Kier alpha value is -0.910. The van der Waals surface area contributed by atoms with Crippen LogP contribution in [0.2, 0.25) is 0 Å². The van der Waals surface area contributed by atoms with Gasteiger partial charge in [0.2, 0.25) is 10.0 Å². The van der Waals surface area contributed by atoms with Gasteiger partial charge in [0.15, 0.2) is 0 Å². The quantitative estimate of drug-likeness (QED) is 0.692. The van der Waals surface area contributed by atoms with Gasteiger partial charge in [0, 0.05) is 0 Å². The van der Waals surface area contributed by atoms with Crippen molar-refractivity contribution < 1.29 is 13.5 Å². The summed E-state index contributed by atoms with van der Waals surface area (Å²) >= 11 is 0. The van der Waals surface area contributed by atoms with Gasteiger partial charge in [0.25, 0.3) is 0 Å². The van der Waals surface area contributed by atoms with Gasteiger partial charge in [0.1, 0.15) is 6.73 Å². The first kappa shape index (κ1) is 9.18. The van der Waals surface area contributed by atoms with Crippen LogP contribution < -0.4 is 4.72 Å². The molecule has 0 amide bonds. The molecule has 0 aliphatic heterocycles. The molecule has 0 saturated carbocycles. The van der Waals surface area contributed by atoms with E-state index < -0.39 is 16.8 Å². The second kappa shape index (κ2) is 3.66. The number of rotatable bonds is 3. The van der Waals surface area contributed by atoms with E-state index in [9.17, 15) is 13.5 Å². The van der Waals surface area contributed by atoms with Crippen molar-refractivity contribution in [3.8, 4) is 0 Å². The molecule has 0 aromatic heterocycles. The molecule has 12 heavy (non-hydrogen) atoms. The zero-order chi connectivity index (χ0) is 9.03. The van der Waals surface area contributed by atoms with Gasteiger partial charge in [-0.1, -0.05) is 18.2 Å². The van der Waals surface area contributed by atoms with Crippen LogP contribution in [0.25, 0.3) is 0 Å². The van der Waals surface area contributed by atoms with Crippen molar-refractivity contribution in [1.29, 1.82) is 0 Å². The molecule has 0 bridgehead atoms. The molecule has 0 saturated heterocycles. The van der Waals surface area contributed by atoms with Crippen LogP contribution in [-0.2, 0) is 15.1 Å². The molecule has 1 rings (SSSR count). The smallest absolute Gasteiger partial charge is 0.219 e. The molecule has 1 radical (unpaired) electrons. The first-order valence-electron chi connectivity index (χ1n) is 3.29. The fourth-order valence-electron chi connectivity index (χ4n) is 0.761. The van der Waals surface area contributed by atoms with E-state index in [2.05, 4.69) is 0 Å². The summed E-state index contributed by atoms with van der Waals surface area (Å²) in [4.78, 5) is 0.112. The highest BCUT2D eigenvalue weighted by molar-refractivity contribution is 7.89. The Morgan fingerprint density at radius 1 is 1.17 bits per heavy atom. The first-order valence-corrected chi connectivity index (χ1v) is 4.78. The van der Waals surface area contributed by atoms with E-state index in [0.29, 0.717) is 0 Å². The summed E-state index contributed by atoms with van der Waals surface area (Å²) in [5, 5.41) is 10.0. The third-order valence-corrected chi connectivity index (χ3v) is 2.69. The number of hydrogen-bond acceptors (Lipinski definition) is 2. The van der Waals surface area contributed by atoms with Crippen molar-refractivity contribution in [2.45, 2.75) is 4.90 Å². The molecule has 1 N–H and O–H groups in total. The van der Waals surface area contributed by atoms with Gasteiger partial charge >= 0.3 is 0 Å². The minimum atomic E-state index is -3.57. The van der Waals surface area contributed by atoms with Crippen LogP contribution in [0.3, 0.4) is 0 Å². The van der Waals surface area contributed by atoms with Crippen LogP contribution in [-0.4, -0.2) is 15.1 Å². The van der Waals surface area contributed by atoms with E-state index in [1.807, 2.05) is 4.72 Å². The van der Waals surface area contributed by atoms with Gasteiger partial charge in [-0.25, -0.2) is 13.5 Å². The molecule has 1 aromatic carbocycles. The fourth-order valence-corrected chi connectivity index (χ4v) is 1.60. The molecule has 0 atom stereocenters. The molecular formula is C7H8NO3S. The Labute approximate surface area is 70.9 Å². The lowest BCUT2D eigenvalue weighted by Crippen LogP contribution is -2.23. The van der Waals surface area contributed by atoms with Gasteiger partial charge in [-0.3, -0.25) is 0 Å². The molecule has 4 nitrogen and oxygen atoms in total. The average Bonchev–Trinajstić information content (AvgIpc) is 2.06. The van der Waals surface area contributed by atoms with Gasteiger partial charge in [-0.15, -0.1) is 0 Å². The minimum Gasteiger partial charge on any atom is -0.219 e. The number of nitrogens with one attached hydrogen (secondary N) is 1. The molecule has 0 aliphatic rings. The highest BCUT2D eigenvalue weighted by Gasteiger charge is 2.10. The number of hydrogen-bond donors (Lipinski definition) is 1. The Morgan fingerprint density at radius 3 is 2.25 bits per heavy atom. The monoisotopic (exact) mass is 186 g/mol. The summed E-state index contributed by atoms with van der Waals surface area (Å²) in [6.07, 6.45) is 0. The summed E-state index contributed by atoms with van der Waals surface area (Å²) in [5.41, 5.74) is 0. The number of sulfonamides is 1. The first-order chi connectivity index (χ1) is 5.67. The topological polar surface area (TPSA) is 66.1 Å². The lowest BCUT2D eigenvalue weighted by Gasteiger charge is -2.01. The van der Waals surface area contributed by atoms with Crippen molar-refractivity contribution >= 4 is 10.0 Å². The lowest BCUT2D eigenvalue weighted by molar-refractivity contribution is 0.188. The van der Waals surface area contributed by atoms with Crippen LogP contribution in [0.5, 0.6) is 0 Å². The lowest BCUT2D eigenvalue weighted by atomic mass is 10.4. The van der Waals surface area contributed by atoms with Gasteiger partial charge in [0.05, 0.1) is 4.90 Å². The zero-order valence-electron chi connectivity index (χ0n) is 6.23. The van der Waals surface area contributed by atoms with Crippen LogP contribution in [0.4, 0.5) is 0 Å². The molecule has 0 heterocycles. The van der Waals surface area contributed by atoms with E-state index >= 15 is 0 Å². The second-order valence-electron chi connectivity index (χ2n) is 2.11. The molecule has 5 heteroatoms. The number of benzene rings is 1. The maximum atomic E-state index is 11.1. The van der Waals surface area contributed by atoms with Crippen molar-refractivity contribution in [2.24, 2.45) is 0 Å². The van der Waals surface area contributed by atoms with Crippen molar-refractivity contribution in [3.05, 3.63) is 30.3 Å². The van der Waals surface area contributed by atoms with Gasteiger partial charge in [-0.2, -0.15) is 4.72 Å². The molecule has 0 fully saturated rings. The molecular weight excluding hydrogens is 178 g/mol. The van der Waals surface area contributed by atoms with Crippen molar-refractivity contribution in [1.82, 2.24) is 4.72 Å². The van der Waals surface area contributed by atoms with Crippen LogP contribution in [0, 0.1) is 0 Å². The Kier molecular flexibility index (Phi) is 2.80. The van der Waals surface area contributed by atoms with Gasteiger partial charge < -0.3 is 0 Å². The summed E-state index contributed by atoms with van der Waals surface area (Å²) in [5.74, 6) is 0. The van der Waals surface area contributed by atoms with Gasteiger partial charge in [-0.05, 0) is 12.1 Å². The largest absolute Gasteiger partial charge is 0.242 e.